The van der Waals surface area contributed by atoms with Gasteiger partial charge in [0.1, 0.15) is 24.0 Å². The van der Waals surface area contributed by atoms with Gasteiger partial charge in [-0.15, -0.1) is 11.6 Å². The van der Waals surface area contributed by atoms with Crippen molar-refractivity contribution >= 4 is 46.1 Å². The molecule has 1 saturated heterocycles. The number of hydrogen-bond donors (Lipinski definition) is 4. The molecule has 0 spiro atoms. The third-order valence-corrected chi connectivity index (χ3v) is 7.13. The molecule has 4 rings (SSSR count). The van der Waals surface area contributed by atoms with Crippen LogP contribution >= 0.6 is 11.6 Å². The number of aromatic amines is 1. The van der Waals surface area contributed by atoms with Crippen molar-refractivity contribution in [3.8, 4) is 0 Å². The van der Waals surface area contributed by atoms with Gasteiger partial charge in [-0.05, 0) is 36.5 Å². The standard InChI is InChI=1S/C28H32ClN5O4/c29-16-25(35)32-23(14-18-8-2-1-3-9-18)28(38)34-13-7-6-12-24(34)27(37)33-22(26(30)36)15-19-17-31-21-11-5-4-10-20(19)21/h1-5,8-11,17,22-24,31H,6-7,12-16H2,(H2,30,36)(H,32,35)(H,33,37)/t22-,23-,24-/m0/s1. The van der Waals surface area contributed by atoms with E-state index in [9.17, 15) is 19.2 Å². The second-order valence-corrected chi connectivity index (χ2v) is 9.78. The third kappa shape index (κ3) is 6.52. The van der Waals surface area contributed by atoms with Crippen LogP contribution in [0.3, 0.4) is 0 Å². The van der Waals surface area contributed by atoms with Gasteiger partial charge in [-0.25, -0.2) is 0 Å². The molecule has 3 aromatic rings. The molecule has 2 heterocycles. The molecule has 3 atom stereocenters. The molecule has 0 bridgehead atoms. The first-order valence-electron chi connectivity index (χ1n) is 12.7. The molecule has 1 aliphatic rings. The Labute approximate surface area is 226 Å². The molecule has 1 aromatic heterocycles. The molecule has 0 radical (unpaired) electrons. The van der Waals surface area contributed by atoms with Crippen LogP contribution in [0.2, 0.25) is 0 Å². The molecule has 1 fully saturated rings. The molecule has 4 amide bonds. The van der Waals surface area contributed by atoms with E-state index in [1.807, 2.05) is 54.6 Å². The van der Waals surface area contributed by atoms with E-state index >= 15 is 0 Å². The summed E-state index contributed by atoms with van der Waals surface area (Å²) < 4.78 is 0. The van der Waals surface area contributed by atoms with Crippen molar-refractivity contribution in [3.63, 3.8) is 0 Å². The number of halogens is 1. The van der Waals surface area contributed by atoms with Gasteiger partial charge in [0.05, 0.1) is 0 Å². The largest absolute Gasteiger partial charge is 0.368 e. The van der Waals surface area contributed by atoms with Gasteiger partial charge >= 0.3 is 0 Å². The maximum atomic E-state index is 13.7. The van der Waals surface area contributed by atoms with Crippen LogP contribution in [-0.4, -0.2) is 64.1 Å². The van der Waals surface area contributed by atoms with Crippen LogP contribution in [-0.2, 0) is 32.0 Å². The Morgan fingerprint density at radius 2 is 1.71 bits per heavy atom. The zero-order valence-electron chi connectivity index (χ0n) is 21.0. The number of aromatic nitrogens is 1. The number of benzene rings is 2. The number of nitrogens with two attached hydrogens (primary N) is 1. The Morgan fingerprint density at radius 3 is 2.45 bits per heavy atom. The first-order chi connectivity index (χ1) is 18.4. The minimum absolute atomic E-state index is 0.216. The Bertz CT molecular complexity index is 1290. The number of primary amides is 1. The summed E-state index contributed by atoms with van der Waals surface area (Å²) in [6, 6.07) is 14.4. The van der Waals surface area contributed by atoms with Gasteiger partial charge in [-0.3, -0.25) is 19.2 Å². The minimum atomic E-state index is -0.948. The Balaban J connectivity index is 1.51. The van der Waals surface area contributed by atoms with Crippen molar-refractivity contribution < 1.29 is 19.2 Å². The molecule has 38 heavy (non-hydrogen) atoms. The average molecular weight is 538 g/mol. The van der Waals surface area contributed by atoms with Crippen LogP contribution in [0.4, 0.5) is 0 Å². The third-order valence-electron chi connectivity index (χ3n) is 6.88. The Hall–Kier alpha value is -3.85. The lowest BCUT2D eigenvalue weighted by molar-refractivity contribution is -0.145. The van der Waals surface area contributed by atoms with Gasteiger partial charge in [-0.2, -0.15) is 0 Å². The van der Waals surface area contributed by atoms with Gasteiger partial charge in [0.25, 0.3) is 0 Å². The topological polar surface area (TPSA) is 137 Å². The number of hydrogen-bond acceptors (Lipinski definition) is 4. The van der Waals surface area contributed by atoms with Gasteiger partial charge in [0, 0.05) is 36.5 Å². The molecule has 10 heteroatoms. The lowest BCUT2D eigenvalue weighted by Gasteiger charge is -2.37. The molecule has 0 unspecified atom stereocenters. The summed E-state index contributed by atoms with van der Waals surface area (Å²) in [5.74, 6) is -2.21. The molecule has 2 aromatic carbocycles. The van der Waals surface area contributed by atoms with Crippen molar-refractivity contribution in [2.45, 2.75) is 50.2 Å². The first kappa shape index (κ1) is 27.2. The molecule has 0 aliphatic carbocycles. The second kappa shape index (κ2) is 12.6. The van der Waals surface area contributed by atoms with Crippen LogP contribution in [0.25, 0.3) is 10.9 Å². The van der Waals surface area contributed by atoms with Crippen LogP contribution in [0.15, 0.2) is 60.8 Å². The van der Waals surface area contributed by atoms with Gasteiger partial charge in [-0.1, -0.05) is 48.5 Å². The SMILES string of the molecule is NC(=O)[C@H](Cc1c[nH]c2ccccc12)NC(=O)[C@@H]1CCCCN1C(=O)[C@H](Cc1ccccc1)NC(=O)CCl. The molecule has 1 aliphatic heterocycles. The number of piperidine rings is 1. The highest BCUT2D eigenvalue weighted by atomic mass is 35.5. The summed E-state index contributed by atoms with van der Waals surface area (Å²) in [5, 5.41) is 6.44. The van der Waals surface area contributed by atoms with Crippen LogP contribution < -0.4 is 16.4 Å². The van der Waals surface area contributed by atoms with Gasteiger partial charge in [0.15, 0.2) is 0 Å². The predicted molar refractivity (Wildman–Crippen MR) is 145 cm³/mol. The average Bonchev–Trinajstić information content (AvgIpc) is 3.35. The highest BCUT2D eigenvalue weighted by Crippen LogP contribution is 2.22. The van der Waals surface area contributed by atoms with Crippen molar-refractivity contribution in [1.29, 1.82) is 0 Å². The van der Waals surface area contributed by atoms with E-state index < -0.39 is 35.8 Å². The summed E-state index contributed by atoms with van der Waals surface area (Å²) in [5.41, 5.74) is 8.31. The molecule has 9 nitrogen and oxygen atoms in total. The number of para-hydroxylation sites is 1. The monoisotopic (exact) mass is 537 g/mol. The number of rotatable bonds is 10. The normalized spacial score (nSPS) is 17.0. The maximum absolute atomic E-state index is 13.7. The number of amides is 4. The summed E-state index contributed by atoms with van der Waals surface area (Å²) in [6.45, 7) is 0.364. The molecule has 5 N–H and O–H groups in total. The van der Waals surface area contributed by atoms with Gasteiger partial charge < -0.3 is 26.3 Å². The van der Waals surface area contributed by atoms with E-state index in [1.54, 1.807) is 6.20 Å². The van der Waals surface area contributed by atoms with Crippen LogP contribution in [0.1, 0.15) is 30.4 Å². The lowest BCUT2D eigenvalue weighted by atomic mass is 9.97. The molecular weight excluding hydrogens is 506 g/mol. The maximum Gasteiger partial charge on any atom is 0.246 e. The van der Waals surface area contributed by atoms with E-state index in [-0.39, 0.29) is 24.6 Å². The van der Waals surface area contributed by atoms with Crippen molar-refractivity contribution in [2.24, 2.45) is 5.73 Å². The molecular formula is C28H32ClN5O4. The fraction of sp³-hybridized carbons (Fsp3) is 0.357. The Kier molecular flexibility index (Phi) is 9.02. The highest BCUT2D eigenvalue weighted by Gasteiger charge is 2.37. The zero-order chi connectivity index (χ0) is 27.1. The quantitative estimate of drug-likeness (QED) is 0.294. The fourth-order valence-corrected chi connectivity index (χ4v) is 5.04. The summed E-state index contributed by atoms with van der Waals surface area (Å²) in [4.78, 5) is 56.3. The highest BCUT2D eigenvalue weighted by molar-refractivity contribution is 6.27. The number of nitrogens with one attached hydrogen (secondary N) is 3. The van der Waals surface area contributed by atoms with Crippen LogP contribution in [0, 0.1) is 0 Å². The Morgan fingerprint density at radius 1 is 0.974 bits per heavy atom. The summed E-state index contributed by atoms with van der Waals surface area (Å²) in [6.07, 6.45) is 4.20. The van der Waals surface area contributed by atoms with Crippen LogP contribution in [0.5, 0.6) is 0 Å². The summed E-state index contributed by atoms with van der Waals surface area (Å²) in [7, 11) is 0. The van der Waals surface area contributed by atoms with Gasteiger partial charge in [0.2, 0.25) is 23.6 Å². The van der Waals surface area contributed by atoms with Crippen molar-refractivity contribution in [1.82, 2.24) is 20.5 Å². The first-order valence-corrected chi connectivity index (χ1v) is 13.2. The number of carbonyl (C=O) groups excluding carboxylic acids is 4. The number of alkyl halides is 1. The molecule has 0 saturated carbocycles. The smallest absolute Gasteiger partial charge is 0.246 e. The van der Waals surface area contributed by atoms with E-state index in [0.717, 1.165) is 34.9 Å². The zero-order valence-corrected chi connectivity index (χ0v) is 21.7. The predicted octanol–water partition coefficient (Wildman–Crippen LogP) is 2.03. The lowest BCUT2D eigenvalue weighted by Crippen LogP contribution is -2.60. The summed E-state index contributed by atoms with van der Waals surface area (Å²) >= 11 is 5.70. The number of nitrogens with zero attached hydrogens (tertiary/aromatic N) is 1. The fourth-order valence-electron chi connectivity index (χ4n) is 4.96. The second-order valence-electron chi connectivity index (χ2n) is 9.51. The van der Waals surface area contributed by atoms with Crippen molar-refractivity contribution in [3.05, 3.63) is 71.9 Å². The number of fused-ring (bicyclic) bond motifs is 1. The van der Waals surface area contributed by atoms with E-state index in [1.165, 1.54) is 4.90 Å². The number of likely N-dealkylation sites (tertiary alicyclic amines) is 1. The molecule has 200 valence electrons. The number of H-pyrrole nitrogens is 1. The van der Waals surface area contributed by atoms with Crippen molar-refractivity contribution in [2.75, 3.05) is 12.4 Å². The van der Waals surface area contributed by atoms with E-state index in [4.69, 9.17) is 17.3 Å². The van der Waals surface area contributed by atoms with E-state index in [0.29, 0.717) is 13.0 Å². The van der Waals surface area contributed by atoms with E-state index in [2.05, 4.69) is 15.6 Å². The minimum Gasteiger partial charge on any atom is -0.368 e. The number of carbonyl (C=O) groups is 4.